The fourth-order valence-corrected chi connectivity index (χ4v) is 5.52. The lowest BCUT2D eigenvalue weighted by Gasteiger charge is -2.03. The number of imidazole rings is 1. The molecule has 3 heterocycles. The van der Waals surface area contributed by atoms with Crippen LogP contribution in [0.5, 0.6) is 0 Å². The van der Waals surface area contributed by atoms with Gasteiger partial charge < -0.3 is 15.3 Å². The number of halogens is 1. The third-order valence-corrected chi connectivity index (χ3v) is 7.21. The predicted molar refractivity (Wildman–Crippen MR) is 123 cm³/mol. The first-order valence-electron chi connectivity index (χ1n) is 9.36. The Hall–Kier alpha value is -3.41. The number of anilines is 1. The summed E-state index contributed by atoms with van der Waals surface area (Å²) in [5.41, 5.74) is 2.32. The molecule has 12 heteroatoms. The van der Waals surface area contributed by atoms with E-state index in [-0.39, 0.29) is 22.3 Å². The zero-order valence-electron chi connectivity index (χ0n) is 16.2. The van der Waals surface area contributed by atoms with Crippen molar-refractivity contribution in [3.63, 3.8) is 0 Å². The van der Waals surface area contributed by atoms with Crippen LogP contribution in [0.15, 0.2) is 58.9 Å². The maximum Gasteiger partial charge on any atom is 0.271 e. The normalized spacial score (nSPS) is 11.8. The Labute approximate surface area is 190 Å². The molecule has 9 nitrogen and oxygen atoms in total. The smallest absolute Gasteiger partial charge is 0.271 e. The van der Waals surface area contributed by atoms with Crippen LogP contribution in [0.25, 0.3) is 21.9 Å². The number of thiazole rings is 1. The predicted octanol–water partition coefficient (Wildman–Crippen LogP) is 3.88. The van der Waals surface area contributed by atoms with Crippen molar-refractivity contribution >= 4 is 65.9 Å². The van der Waals surface area contributed by atoms with Crippen LogP contribution >= 0.6 is 22.9 Å². The Morgan fingerprint density at radius 1 is 1.12 bits per heavy atom. The molecule has 0 aliphatic carbocycles. The fourth-order valence-electron chi connectivity index (χ4n) is 3.23. The summed E-state index contributed by atoms with van der Waals surface area (Å²) >= 11 is 6.99. The molecule has 0 fully saturated rings. The largest absolute Gasteiger partial charge is 0.360 e. The van der Waals surface area contributed by atoms with E-state index in [0.717, 1.165) is 16.9 Å². The van der Waals surface area contributed by atoms with E-state index < -0.39 is 15.9 Å². The molecule has 0 unspecified atom stereocenters. The van der Waals surface area contributed by atoms with Crippen LogP contribution in [-0.2, 0) is 16.6 Å². The second kappa shape index (κ2) is 7.93. The van der Waals surface area contributed by atoms with Crippen LogP contribution in [0, 0.1) is 0 Å². The highest BCUT2D eigenvalue weighted by atomic mass is 35.5. The van der Waals surface area contributed by atoms with Crippen molar-refractivity contribution in [2.75, 3.05) is 4.72 Å². The Bertz CT molecular complexity index is 1570. The van der Waals surface area contributed by atoms with E-state index in [0.29, 0.717) is 27.3 Å². The van der Waals surface area contributed by atoms with Crippen molar-refractivity contribution in [1.82, 2.24) is 25.3 Å². The molecular formula is C20H15ClN6O3S2. The Balaban J connectivity index is 1.28. The van der Waals surface area contributed by atoms with Crippen molar-refractivity contribution < 1.29 is 13.2 Å². The number of carbonyl (C=O) groups excluding carboxylic acids is 1. The van der Waals surface area contributed by atoms with Gasteiger partial charge in [-0.25, -0.2) is 18.4 Å². The molecular weight excluding hydrogens is 472 g/mol. The highest BCUT2D eigenvalue weighted by Gasteiger charge is 2.21. The standard InChI is InChI=1S/C20H15ClN6O3S2/c21-11-5-6-14-15(7-11)25-18(24-14)9-23-19(28)16-10-31-20(26-16)27-32(29,30)17-8-22-13-4-2-1-3-12(13)17/h1-8,10,22H,9H2,(H,23,28)(H,24,25)(H,26,27). The molecule has 0 spiro atoms. The summed E-state index contributed by atoms with van der Waals surface area (Å²) in [6.07, 6.45) is 1.43. The average molecular weight is 487 g/mol. The van der Waals surface area contributed by atoms with Gasteiger partial charge in [-0.3, -0.25) is 9.52 Å². The quantitative estimate of drug-likeness (QED) is 0.289. The van der Waals surface area contributed by atoms with Gasteiger partial charge in [0.1, 0.15) is 16.4 Å². The van der Waals surface area contributed by atoms with Gasteiger partial charge >= 0.3 is 0 Å². The molecule has 5 rings (SSSR count). The number of para-hydroxylation sites is 1. The van der Waals surface area contributed by atoms with Crippen molar-refractivity contribution in [1.29, 1.82) is 0 Å². The minimum atomic E-state index is -3.87. The summed E-state index contributed by atoms with van der Waals surface area (Å²) in [5.74, 6) is 0.114. The molecule has 0 saturated heterocycles. The minimum absolute atomic E-state index is 0.0961. The maximum atomic E-state index is 12.8. The molecule has 3 aromatic heterocycles. The number of aromatic amines is 2. The Morgan fingerprint density at radius 2 is 1.97 bits per heavy atom. The van der Waals surface area contributed by atoms with Gasteiger partial charge in [0.15, 0.2) is 5.13 Å². The summed E-state index contributed by atoms with van der Waals surface area (Å²) in [6, 6.07) is 12.4. The van der Waals surface area contributed by atoms with Gasteiger partial charge in [0, 0.05) is 27.5 Å². The number of carbonyl (C=O) groups is 1. The zero-order valence-corrected chi connectivity index (χ0v) is 18.6. The molecule has 162 valence electrons. The number of nitrogens with zero attached hydrogens (tertiary/aromatic N) is 2. The van der Waals surface area contributed by atoms with Crippen molar-refractivity contribution in [3.8, 4) is 0 Å². The maximum absolute atomic E-state index is 12.8. The van der Waals surface area contributed by atoms with Gasteiger partial charge in [-0.1, -0.05) is 29.8 Å². The first-order chi connectivity index (χ1) is 15.4. The number of hydrogen-bond acceptors (Lipinski definition) is 6. The highest BCUT2D eigenvalue weighted by Crippen LogP contribution is 2.26. The number of amides is 1. The van der Waals surface area contributed by atoms with Crippen molar-refractivity contribution in [2.24, 2.45) is 0 Å². The number of nitrogens with one attached hydrogen (secondary N) is 4. The zero-order chi connectivity index (χ0) is 22.3. The highest BCUT2D eigenvalue weighted by molar-refractivity contribution is 7.93. The molecule has 32 heavy (non-hydrogen) atoms. The summed E-state index contributed by atoms with van der Waals surface area (Å²) in [4.78, 5) is 27.1. The molecule has 0 atom stereocenters. The van der Waals surface area contributed by atoms with Gasteiger partial charge in [-0.05, 0) is 24.3 Å². The lowest BCUT2D eigenvalue weighted by Crippen LogP contribution is -2.23. The Morgan fingerprint density at radius 3 is 2.84 bits per heavy atom. The fraction of sp³-hybridized carbons (Fsp3) is 0.0500. The summed E-state index contributed by atoms with van der Waals surface area (Å²) < 4.78 is 28.0. The van der Waals surface area contributed by atoms with E-state index in [4.69, 9.17) is 11.6 Å². The van der Waals surface area contributed by atoms with E-state index in [1.54, 1.807) is 30.3 Å². The van der Waals surface area contributed by atoms with Gasteiger partial charge in [-0.15, -0.1) is 11.3 Å². The first kappa shape index (κ1) is 20.5. The van der Waals surface area contributed by atoms with E-state index >= 15 is 0 Å². The van der Waals surface area contributed by atoms with Gasteiger partial charge in [-0.2, -0.15) is 0 Å². The van der Waals surface area contributed by atoms with Gasteiger partial charge in [0.05, 0.1) is 17.6 Å². The number of benzene rings is 2. The summed E-state index contributed by atoms with van der Waals surface area (Å²) in [5, 5.41) is 5.44. The van der Waals surface area contributed by atoms with Crippen LogP contribution < -0.4 is 10.0 Å². The van der Waals surface area contributed by atoms with E-state index in [1.165, 1.54) is 11.6 Å². The van der Waals surface area contributed by atoms with Gasteiger partial charge in [0.2, 0.25) is 0 Å². The average Bonchev–Trinajstić information content (AvgIpc) is 3.49. The monoisotopic (exact) mass is 486 g/mol. The van der Waals surface area contributed by atoms with Crippen LogP contribution in [0.3, 0.4) is 0 Å². The van der Waals surface area contributed by atoms with E-state index in [2.05, 4.69) is 30.0 Å². The molecule has 0 aliphatic rings. The molecule has 5 aromatic rings. The number of aromatic nitrogens is 4. The first-order valence-corrected chi connectivity index (χ1v) is 12.1. The molecule has 0 saturated carbocycles. The third-order valence-electron chi connectivity index (χ3n) is 4.71. The number of sulfonamides is 1. The molecule has 2 aromatic carbocycles. The van der Waals surface area contributed by atoms with Crippen molar-refractivity contribution in [2.45, 2.75) is 11.4 Å². The van der Waals surface area contributed by atoms with Crippen molar-refractivity contribution in [3.05, 3.63) is 70.6 Å². The SMILES string of the molecule is O=C(NCc1nc2cc(Cl)ccc2[nH]1)c1csc(NS(=O)(=O)c2c[nH]c3ccccc23)n1. The van der Waals surface area contributed by atoms with E-state index in [1.807, 2.05) is 12.1 Å². The van der Waals surface area contributed by atoms with Crippen LogP contribution in [0.4, 0.5) is 5.13 Å². The summed E-state index contributed by atoms with van der Waals surface area (Å²) in [7, 11) is -3.87. The minimum Gasteiger partial charge on any atom is -0.360 e. The van der Waals surface area contributed by atoms with Crippen LogP contribution in [0.1, 0.15) is 16.3 Å². The number of fused-ring (bicyclic) bond motifs is 2. The summed E-state index contributed by atoms with van der Waals surface area (Å²) in [6.45, 7) is 0.152. The molecule has 0 radical (unpaired) electrons. The number of hydrogen-bond donors (Lipinski definition) is 4. The number of H-pyrrole nitrogens is 2. The second-order valence-corrected chi connectivity index (χ2v) is 9.81. The lowest BCUT2D eigenvalue weighted by molar-refractivity contribution is 0.0945. The molecule has 1 amide bonds. The number of rotatable bonds is 6. The molecule has 0 aliphatic heterocycles. The second-order valence-electron chi connectivity index (χ2n) is 6.87. The molecule has 4 N–H and O–H groups in total. The van der Waals surface area contributed by atoms with Crippen LogP contribution in [0.2, 0.25) is 5.02 Å². The third kappa shape index (κ3) is 3.93. The Kier molecular flexibility index (Phi) is 5.08. The molecule has 0 bridgehead atoms. The van der Waals surface area contributed by atoms with Gasteiger partial charge in [0.25, 0.3) is 15.9 Å². The lowest BCUT2D eigenvalue weighted by atomic mass is 10.2. The topological polar surface area (TPSA) is 133 Å². The van der Waals surface area contributed by atoms with Crippen LogP contribution in [-0.4, -0.2) is 34.3 Å². The van der Waals surface area contributed by atoms with E-state index in [9.17, 15) is 13.2 Å².